The van der Waals surface area contributed by atoms with E-state index in [2.05, 4.69) is 5.32 Å². The summed E-state index contributed by atoms with van der Waals surface area (Å²) >= 11 is 0. The van der Waals surface area contributed by atoms with Crippen LogP contribution in [0.2, 0.25) is 0 Å². The number of nitrogens with zero attached hydrogens (tertiary/aromatic N) is 1. The molecule has 0 spiro atoms. The molecule has 2 rings (SSSR count). The van der Waals surface area contributed by atoms with E-state index >= 15 is 0 Å². The summed E-state index contributed by atoms with van der Waals surface area (Å²) in [6, 6.07) is 13.7. The van der Waals surface area contributed by atoms with E-state index in [0.717, 1.165) is 5.56 Å². The second-order valence-electron chi connectivity index (χ2n) is 4.45. The number of aromatic hydroxyl groups is 1. The average molecular weight is 298 g/mol. The van der Waals surface area contributed by atoms with E-state index in [4.69, 9.17) is 15.1 Å². The van der Waals surface area contributed by atoms with Crippen LogP contribution >= 0.6 is 0 Å². The van der Waals surface area contributed by atoms with Crippen molar-refractivity contribution in [3.8, 4) is 28.7 Å². The van der Waals surface area contributed by atoms with Crippen LogP contribution < -0.4 is 10.1 Å². The van der Waals surface area contributed by atoms with Crippen molar-refractivity contribution < 1.29 is 19.7 Å². The van der Waals surface area contributed by atoms with Crippen molar-refractivity contribution in [3.05, 3.63) is 48.0 Å². The van der Waals surface area contributed by atoms with Crippen molar-refractivity contribution in [3.63, 3.8) is 0 Å². The van der Waals surface area contributed by atoms with Gasteiger partial charge >= 0.3 is 6.09 Å². The zero-order chi connectivity index (χ0) is 15.9. The molecule has 0 atom stereocenters. The van der Waals surface area contributed by atoms with Crippen LogP contribution in [-0.4, -0.2) is 29.5 Å². The number of nitrogens with one attached hydrogen (secondary N) is 1. The van der Waals surface area contributed by atoms with Gasteiger partial charge in [-0.25, -0.2) is 4.79 Å². The number of benzene rings is 2. The largest absolute Gasteiger partial charge is 0.508 e. The van der Waals surface area contributed by atoms with E-state index in [1.807, 2.05) is 12.1 Å². The highest BCUT2D eigenvalue weighted by molar-refractivity contribution is 5.72. The van der Waals surface area contributed by atoms with Gasteiger partial charge in [0, 0.05) is 5.56 Å². The van der Waals surface area contributed by atoms with Crippen LogP contribution in [0.15, 0.2) is 42.5 Å². The fourth-order valence-corrected chi connectivity index (χ4v) is 1.94. The Hall–Kier alpha value is -3.20. The average Bonchev–Trinajstić information content (AvgIpc) is 2.51. The molecule has 0 aliphatic carbocycles. The van der Waals surface area contributed by atoms with Crippen LogP contribution in [-0.2, 0) is 0 Å². The Balaban J connectivity index is 2.25. The maximum absolute atomic E-state index is 10.4. The summed E-state index contributed by atoms with van der Waals surface area (Å²) in [4.78, 5) is 10.4. The summed E-state index contributed by atoms with van der Waals surface area (Å²) in [7, 11) is 0. The number of hydrogen-bond acceptors (Lipinski definition) is 4. The Kier molecular flexibility index (Phi) is 4.83. The Morgan fingerprint density at radius 2 is 2.09 bits per heavy atom. The van der Waals surface area contributed by atoms with E-state index in [1.165, 1.54) is 0 Å². The molecular formula is C16H14N2O4. The molecule has 1 amide bonds. The van der Waals surface area contributed by atoms with Crippen molar-refractivity contribution >= 4 is 6.09 Å². The standard InChI is InChI=1S/C16H14N2O4/c17-10-11-4-5-14(12-2-1-3-13(19)9-12)15(8-11)22-7-6-18-16(20)21/h1-5,8-9,18-19H,6-7H2,(H,20,21). The summed E-state index contributed by atoms with van der Waals surface area (Å²) in [6.45, 7) is 0.262. The van der Waals surface area contributed by atoms with Gasteiger partial charge in [0.05, 0.1) is 18.2 Å². The highest BCUT2D eigenvalue weighted by Crippen LogP contribution is 2.32. The number of amides is 1. The number of ether oxygens (including phenoxy) is 1. The lowest BCUT2D eigenvalue weighted by Crippen LogP contribution is -2.26. The lowest BCUT2D eigenvalue weighted by molar-refractivity contribution is 0.191. The van der Waals surface area contributed by atoms with Gasteiger partial charge in [-0.3, -0.25) is 0 Å². The maximum Gasteiger partial charge on any atom is 0.404 e. The van der Waals surface area contributed by atoms with Crippen molar-refractivity contribution in [1.82, 2.24) is 5.32 Å². The molecule has 0 saturated carbocycles. The molecule has 0 aliphatic rings. The lowest BCUT2D eigenvalue weighted by atomic mass is 10.0. The molecule has 22 heavy (non-hydrogen) atoms. The number of carbonyl (C=O) groups is 1. The molecule has 0 saturated heterocycles. The minimum absolute atomic E-state index is 0.125. The fourth-order valence-electron chi connectivity index (χ4n) is 1.94. The molecule has 0 heterocycles. The highest BCUT2D eigenvalue weighted by atomic mass is 16.5. The van der Waals surface area contributed by atoms with E-state index in [1.54, 1.807) is 36.4 Å². The normalized spacial score (nSPS) is 9.77. The molecule has 0 unspecified atom stereocenters. The first kappa shape index (κ1) is 15.2. The molecule has 0 radical (unpaired) electrons. The molecule has 0 fully saturated rings. The zero-order valence-corrected chi connectivity index (χ0v) is 11.6. The van der Waals surface area contributed by atoms with Gasteiger partial charge in [-0.05, 0) is 35.9 Å². The monoisotopic (exact) mass is 298 g/mol. The van der Waals surface area contributed by atoms with E-state index in [-0.39, 0.29) is 18.9 Å². The van der Waals surface area contributed by atoms with Crippen molar-refractivity contribution in [2.45, 2.75) is 0 Å². The predicted molar refractivity (Wildman–Crippen MR) is 79.8 cm³/mol. The first-order chi connectivity index (χ1) is 10.6. The second-order valence-corrected chi connectivity index (χ2v) is 4.45. The minimum Gasteiger partial charge on any atom is -0.508 e. The topological polar surface area (TPSA) is 103 Å². The van der Waals surface area contributed by atoms with Crippen molar-refractivity contribution in [2.24, 2.45) is 0 Å². The van der Waals surface area contributed by atoms with Gasteiger partial charge in [0.1, 0.15) is 18.1 Å². The number of hydrogen-bond donors (Lipinski definition) is 3. The van der Waals surface area contributed by atoms with Crippen molar-refractivity contribution in [1.29, 1.82) is 5.26 Å². The molecule has 112 valence electrons. The Morgan fingerprint density at radius 3 is 2.77 bits per heavy atom. The van der Waals surface area contributed by atoms with Crippen molar-refractivity contribution in [2.75, 3.05) is 13.2 Å². The van der Waals surface area contributed by atoms with E-state index < -0.39 is 6.09 Å². The summed E-state index contributed by atoms with van der Waals surface area (Å²) in [5.74, 6) is 0.581. The smallest absolute Gasteiger partial charge is 0.404 e. The van der Waals surface area contributed by atoms with Gasteiger partial charge in [0.15, 0.2) is 0 Å². The number of rotatable bonds is 5. The quantitative estimate of drug-likeness (QED) is 0.736. The number of phenols is 1. The summed E-state index contributed by atoms with van der Waals surface area (Å²) in [5, 5.41) is 29.3. The Bertz CT molecular complexity index is 722. The molecule has 0 aromatic heterocycles. The summed E-state index contributed by atoms with van der Waals surface area (Å²) in [5.41, 5.74) is 1.89. The van der Waals surface area contributed by atoms with Crippen LogP contribution in [0, 0.1) is 11.3 Å². The number of carboxylic acid groups (broad SMARTS) is 1. The van der Waals surface area contributed by atoms with Gasteiger partial charge in [0.25, 0.3) is 0 Å². The fraction of sp³-hybridized carbons (Fsp3) is 0.125. The van der Waals surface area contributed by atoms with Crippen LogP contribution in [0.25, 0.3) is 11.1 Å². The highest BCUT2D eigenvalue weighted by Gasteiger charge is 2.09. The molecule has 0 aliphatic heterocycles. The first-order valence-electron chi connectivity index (χ1n) is 6.53. The summed E-state index contributed by atoms with van der Waals surface area (Å²) in [6.07, 6.45) is -1.12. The molecule has 6 nitrogen and oxygen atoms in total. The van der Waals surface area contributed by atoms with E-state index in [9.17, 15) is 9.90 Å². The lowest BCUT2D eigenvalue weighted by Gasteiger charge is -2.12. The van der Waals surface area contributed by atoms with Crippen LogP contribution in [0.3, 0.4) is 0 Å². The Morgan fingerprint density at radius 1 is 1.27 bits per heavy atom. The van der Waals surface area contributed by atoms with Gasteiger partial charge in [-0.1, -0.05) is 12.1 Å². The molecule has 6 heteroatoms. The summed E-state index contributed by atoms with van der Waals surface area (Å²) < 4.78 is 5.57. The minimum atomic E-state index is -1.12. The number of nitriles is 1. The van der Waals surface area contributed by atoms with E-state index in [0.29, 0.717) is 16.9 Å². The third kappa shape index (κ3) is 3.90. The van der Waals surface area contributed by atoms with Gasteiger partial charge < -0.3 is 20.3 Å². The van der Waals surface area contributed by atoms with Crippen LogP contribution in [0.1, 0.15) is 5.56 Å². The van der Waals surface area contributed by atoms with Gasteiger partial charge in [-0.2, -0.15) is 5.26 Å². The molecule has 0 bridgehead atoms. The molecule has 3 N–H and O–H groups in total. The molecule has 2 aromatic carbocycles. The number of phenolic OH excluding ortho intramolecular Hbond substituents is 1. The Labute approximate surface area is 127 Å². The second kappa shape index (κ2) is 6.99. The SMILES string of the molecule is N#Cc1ccc(-c2cccc(O)c2)c(OCCNC(=O)O)c1. The first-order valence-corrected chi connectivity index (χ1v) is 6.53. The van der Waals surface area contributed by atoms with Crippen LogP contribution in [0.4, 0.5) is 4.79 Å². The predicted octanol–water partition coefficient (Wildman–Crippen LogP) is 2.58. The van der Waals surface area contributed by atoms with Gasteiger partial charge in [0.2, 0.25) is 0 Å². The third-order valence-electron chi connectivity index (χ3n) is 2.90. The third-order valence-corrected chi connectivity index (χ3v) is 2.90. The molecular weight excluding hydrogens is 284 g/mol. The molecule has 2 aromatic rings. The maximum atomic E-state index is 10.4. The van der Waals surface area contributed by atoms with Crippen LogP contribution in [0.5, 0.6) is 11.5 Å². The van der Waals surface area contributed by atoms with Gasteiger partial charge in [-0.15, -0.1) is 0 Å². The zero-order valence-electron chi connectivity index (χ0n) is 11.6.